The Labute approximate surface area is 80.2 Å². The van der Waals surface area contributed by atoms with Crippen LogP contribution in [0.15, 0.2) is 0 Å². The van der Waals surface area contributed by atoms with Crippen molar-refractivity contribution >= 4 is 17.6 Å². The fourth-order valence-electron chi connectivity index (χ4n) is 1.53. The van der Waals surface area contributed by atoms with Gasteiger partial charge in [-0.3, -0.25) is 14.4 Å². The number of nitrogens with one attached hydrogen (secondary N) is 1. The Morgan fingerprint density at radius 3 is 2.86 bits per heavy atom. The van der Waals surface area contributed by atoms with Crippen molar-refractivity contribution in [3.63, 3.8) is 0 Å². The zero-order valence-corrected chi connectivity index (χ0v) is 7.83. The number of H-pyrrole nitrogens is 1. The zero-order chi connectivity index (χ0) is 10.3. The Hall–Kier alpha value is -2.09. The lowest BCUT2D eigenvalue weighted by Gasteiger charge is -1.89. The minimum Gasteiger partial charge on any atom is -0.299 e. The third-order valence-corrected chi connectivity index (χ3v) is 2.16. The number of hydrogen-bond acceptors (Lipinski definition) is 2. The second kappa shape index (κ2) is 2.70. The van der Waals surface area contributed by atoms with Gasteiger partial charge < -0.3 is 0 Å². The normalized spacial score (nSPS) is 10.4. The molecule has 0 aliphatic heterocycles. The summed E-state index contributed by atoms with van der Waals surface area (Å²) in [5.74, 6) is 0.725. The van der Waals surface area contributed by atoms with E-state index in [9.17, 15) is 4.79 Å². The number of aromatic nitrogens is 3. The molecular formula is C9H8N4O. The van der Waals surface area contributed by atoms with Crippen LogP contribution in [-0.2, 0) is 0 Å². The summed E-state index contributed by atoms with van der Waals surface area (Å²) in [5.41, 5.74) is 1.99. The number of aldehydes is 1. The number of aromatic amines is 1. The molecule has 0 unspecified atom stereocenters. The highest BCUT2D eigenvalue weighted by Gasteiger charge is 2.17. The molecule has 0 amide bonds. The summed E-state index contributed by atoms with van der Waals surface area (Å²) in [6, 6.07) is 0. The minimum absolute atomic E-state index is 0.363. The monoisotopic (exact) mass is 188 g/mol. The van der Waals surface area contributed by atoms with Gasteiger partial charge in [0.2, 0.25) is 5.69 Å². The lowest BCUT2D eigenvalue weighted by Crippen LogP contribution is -1.85. The molecule has 0 fully saturated rings. The molecule has 0 bridgehead atoms. The molecule has 0 saturated heterocycles. The maximum atomic E-state index is 10.8. The van der Waals surface area contributed by atoms with Crippen molar-refractivity contribution in [2.45, 2.75) is 13.8 Å². The minimum atomic E-state index is 0.363. The average Bonchev–Trinajstić information content (AvgIpc) is 2.63. The molecule has 70 valence electrons. The lowest BCUT2D eigenvalue weighted by atomic mass is 10.3. The number of aryl methyl sites for hydroxylation is 2. The van der Waals surface area contributed by atoms with Crippen LogP contribution in [0.1, 0.15) is 21.9 Å². The van der Waals surface area contributed by atoms with Crippen LogP contribution in [0, 0.1) is 20.4 Å². The quantitative estimate of drug-likeness (QED) is 0.546. The van der Waals surface area contributed by atoms with E-state index >= 15 is 0 Å². The number of hydrogen-bond donors (Lipinski definition) is 1. The van der Waals surface area contributed by atoms with Gasteiger partial charge in [0.1, 0.15) is 12.1 Å². The van der Waals surface area contributed by atoms with E-state index in [0.29, 0.717) is 23.2 Å². The molecule has 1 N–H and O–H groups in total. The maximum absolute atomic E-state index is 10.8. The van der Waals surface area contributed by atoms with Gasteiger partial charge in [-0.2, -0.15) is 0 Å². The van der Waals surface area contributed by atoms with Crippen molar-refractivity contribution in [3.05, 3.63) is 28.5 Å². The molecule has 2 heterocycles. The third kappa shape index (κ3) is 0.879. The van der Waals surface area contributed by atoms with E-state index in [1.807, 2.05) is 0 Å². The summed E-state index contributed by atoms with van der Waals surface area (Å²) >= 11 is 0. The molecule has 5 nitrogen and oxygen atoms in total. The van der Waals surface area contributed by atoms with Gasteiger partial charge in [-0.05, 0) is 13.8 Å². The number of rotatable bonds is 1. The predicted octanol–water partition coefficient (Wildman–Crippen LogP) is 1.64. The van der Waals surface area contributed by atoms with Crippen molar-refractivity contribution in [2.24, 2.45) is 0 Å². The Morgan fingerprint density at radius 1 is 1.57 bits per heavy atom. The van der Waals surface area contributed by atoms with E-state index in [1.165, 1.54) is 0 Å². The van der Waals surface area contributed by atoms with E-state index in [0.717, 1.165) is 11.5 Å². The van der Waals surface area contributed by atoms with E-state index < -0.39 is 0 Å². The first-order valence-corrected chi connectivity index (χ1v) is 4.09. The van der Waals surface area contributed by atoms with Crippen LogP contribution in [0.4, 0.5) is 5.69 Å². The van der Waals surface area contributed by atoms with Gasteiger partial charge in [0.25, 0.3) is 0 Å². The molecule has 14 heavy (non-hydrogen) atoms. The van der Waals surface area contributed by atoms with Crippen molar-refractivity contribution in [1.82, 2.24) is 14.6 Å². The van der Waals surface area contributed by atoms with Crippen molar-refractivity contribution in [3.8, 4) is 0 Å². The first-order valence-electron chi connectivity index (χ1n) is 4.09. The Balaban J connectivity index is 2.96. The number of carbonyl (C=O) groups excluding carboxylic acids is 1. The highest BCUT2D eigenvalue weighted by molar-refractivity contribution is 5.94. The average molecular weight is 188 g/mol. The maximum Gasteiger partial charge on any atom is 0.222 e. The summed E-state index contributed by atoms with van der Waals surface area (Å²) in [7, 11) is 0. The van der Waals surface area contributed by atoms with Crippen LogP contribution in [0.3, 0.4) is 0 Å². The Morgan fingerprint density at radius 2 is 2.29 bits per heavy atom. The van der Waals surface area contributed by atoms with E-state index in [4.69, 9.17) is 6.57 Å². The smallest absolute Gasteiger partial charge is 0.222 e. The first-order chi connectivity index (χ1) is 6.69. The molecule has 0 aromatic carbocycles. The Bertz CT molecular complexity index is 555. The van der Waals surface area contributed by atoms with Crippen LogP contribution in [-0.4, -0.2) is 20.9 Å². The van der Waals surface area contributed by atoms with Crippen molar-refractivity contribution in [2.75, 3.05) is 0 Å². The summed E-state index contributed by atoms with van der Waals surface area (Å²) in [6.07, 6.45) is 0.677. The molecule has 0 atom stereocenters. The molecule has 0 saturated carbocycles. The fourth-order valence-corrected chi connectivity index (χ4v) is 1.53. The topological polar surface area (TPSA) is 54.5 Å². The van der Waals surface area contributed by atoms with Gasteiger partial charge >= 0.3 is 0 Å². The van der Waals surface area contributed by atoms with E-state index in [1.54, 1.807) is 18.4 Å². The molecule has 0 spiro atoms. The molecule has 0 aliphatic carbocycles. The van der Waals surface area contributed by atoms with Gasteiger partial charge in [0.15, 0.2) is 5.65 Å². The summed E-state index contributed by atoms with van der Waals surface area (Å²) in [5, 5.41) is 2.96. The second-order valence-corrected chi connectivity index (χ2v) is 3.05. The standard InChI is InChI=1S/C9H8N4O/c1-5-8(10-3)7(4-14)9-11-6(2)12-13(5)9/h4H,1-2H3,(H,11,12). The Kier molecular flexibility index (Phi) is 1.64. The number of nitrogens with zero attached hydrogens (tertiary/aromatic N) is 3. The highest BCUT2D eigenvalue weighted by atomic mass is 16.1. The SMILES string of the molecule is [C-]#[N+]c1c(C=O)c2nc(C)[nH]n2c1C. The number of fused-ring (bicyclic) bond motifs is 1. The van der Waals surface area contributed by atoms with E-state index in [-0.39, 0.29) is 0 Å². The molecular weight excluding hydrogens is 180 g/mol. The van der Waals surface area contributed by atoms with Crippen LogP contribution >= 0.6 is 0 Å². The summed E-state index contributed by atoms with van der Waals surface area (Å²) < 4.78 is 1.66. The molecule has 0 radical (unpaired) electrons. The number of carbonyl (C=O) groups is 1. The van der Waals surface area contributed by atoms with Gasteiger partial charge in [-0.25, -0.2) is 9.83 Å². The van der Waals surface area contributed by atoms with Crippen molar-refractivity contribution in [1.29, 1.82) is 0 Å². The lowest BCUT2D eigenvalue weighted by molar-refractivity contribution is 0.112. The van der Waals surface area contributed by atoms with Crippen LogP contribution in [0.2, 0.25) is 0 Å². The van der Waals surface area contributed by atoms with Gasteiger partial charge in [0.05, 0.1) is 12.1 Å². The first kappa shape index (κ1) is 8.51. The zero-order valence-electron chi connectivity index (χ0n) is 7.83. The fraction of sp³-hybridized carbons (Fsp3) is 0.222. The summed E-state index contributed by atoms with van der Waals surface area (Å²) in [6.45, 7) is 10.6. The largest absolute Gasteiger partial charge is 0.299 e. The third-order valence-electron chi connectivity index (χ3n) is 2.16. The molecule has 2 aromatic heterocycles. The van der Waals surface area contributed by atoms with Crippen LogP contribution < -0.4 is 0 Å². The van der Waals surface area contributed by atoms with Gasteiger partial charge in [0, 0.05) is 5.69 Å². The summed E-state index contributed by atoms with van der Waals surface area (Å²) in [4.78, 5) is 18.3. The second-order valence-electron chi connectivity index (χ2n) is 3.05. The molecule has 5 heteroatoms. The van der Waals surface area contributed by atoms with Gasteiger partial charge in [-0.15, -0.1) is 0 Å². The molecule has 0 aliphatic rings. The van der Waals surface area contributed by atoms with Crippen LogP contribution in [0.5, 0.6) is 0 Å². The van der Waals surface area contributed by atoms with Crippen LogP contribution in [0.25, 0.3) is 10.5 Å². The van der Waals surface area contributed by atoms with E-state index in [2.05, 4.69) is 14.9 Å². The molecule has 2 aromatic rings. The van der Waals surface area contributed by atoms with Crippen molar-refractivity contribution < 1.29 is 4.79 Å². The highest BCUT2D eigenvalue weighted by Crippen LogP contribution is 2.28. The van der Waals surface area contributed by atoms with Gasteiger partial charge in [-0.1, -0.05) is 0 Å². The molecule has 2 rings (SSSR count). The predicted molar refractivity (Wildman–Crippen MR) is 50.7 cm³/mol.